The Labute approximate surface area is 457 Å². The predicted molar refractivity (Wildman–Crippen MR) is 316 cm³/mol. The fourth-order valence-corrected chi connectivity index (χ4v) is 11.5. The van der Waals surface area contributed by atoms with Gasteiger partial charge in [-0.25, -0.2) is 28.2 Å². The molecule has 0 radical (unpaired) electrons. The number of hydrogen-bond donors (Lipinski definition) is 4. The summed E-state index contributed by atoms with van der Waals surface area (Å²) in [5, 5.41) is 8.05. The topological polar surface area (TPSA) is 127 Å². The van der Waals surface area contributed by atoms with Gasteiger partial charge in [0.25, 0.3) is 0 Å². The molecule has 2 aliphatic rings. The highest BCUT2D eigenvalue weighted by atomic mass is 16.5. The van der Waals surface area contributed by atoms with Crippen molar-refractivity contribution in [3.05, 3.63) is 193 Å². The third-order valence-electron chi connectivity index (χ3n) is 15.7. The average molecular weight is 1040 g/mol. The molecular formula is C67H60N10O2+4. The summed E-state index contributed by atoms with van der Waals surface area (Å²) in [6.45, 7) is 5.21. The second-order valence-electron chi connectivity index (χ2n) is 20.9. The molecule has 0 fully saturated rings. The third kappa shape index (κ3) is 9.10. The number of fused-ring (bicyclic) bond motifs is 12. The monoisotopic (exact) mass is 1040 g/mol. The number of carbonyl (C=O) groups excluding carboxylic acids is 1. The van der Waals surface area contributed by atoms with E-state index in [0.717, 1.165) is 126 Å². The molecule has 0 unspecified atom stereocenters. The Morgan fingerprint density at radius 3 is 1.46 bits per heavy atom. The van der Waals surface area contributed by atoms with Crippen molar-refractivity contribution in [1.29, 1.82) is 0 Å². The predicted octanol–water partition coefficient (Wildman–Crippen LogP) is 12.3. The zero-order valence-electron chi connectivity index (χ0n) is 45.1. The minimum atomic E-state index is -0.0110. The third-order valence-corrected chi connectivity index (χ3v) is 15.7. The van der Waals surface area contributed by atoms with E-state index in [0.29, 0.717) is 6.42 Å². The van der Waals surface area contributed by atoms with Crippen LogP contribution >= 0.6 is 0 Å². The van der Waals surface area contributed by atoms with Crippen molar-refractivity contribution < 1.29 is 27.8 Å². The lowest BCUT2D eigenvalue weighted by molar-refractivity contribution is -0.696. The van der Waals surface area contributed by atoms with Crippen LogP contribution in [0.25, 0.3) is 123 Å². The highest BCUT2D eigenvalue weighted by molar-refractivity contribution is 6.16. The maximum Gasteiger partial charge on any atom is 0.224 e. The van der Waals surface area contributed by atoms with Crippen LogP contribution in [0.15, 0.2) is 159 Å². The van der Waals surface area contributed by atoms with Gasteiger partial charge in [-0.1, -0.05) is 12.1 Å². The van der Waals surface area contributed by atoms with Crippen molar-refractivity contribution in [3.8, 4) is 50.3 Å². The number of nitrogens with zero attached hydrogens (tertiary/aromatic N) is 6. The minimum Gasteiger partial charge on any atom is -0.497 e. The molecule has 3 aromatic carbocycles. The van der Waals surface area contributed by atoms with Gasteiger partial charge in [0.15, 0.2) is 49.6 Å². The van der Waals surface area contributed by atoms with Crippen LogP contribution in [0.1, 0.15) is 53.2 Å². The summed E-state index contributed by atoms with van der Waals surface area (Å²) >= 11 is 0. The number of nitrogens with one attached hydrogen (secondary N) is 4. The Balaban J connectivity index is 0.841. The highest BCUT2D eigenvalue weighted by Crippen LogP contribution is 2.40. The Bertz CT molecular complexity index is 4440. The number of pyridine rings is 4. The van der Waals surface area contributed by atoms with Gasteiger partial charge in [0.05, 0.1) is 35.4 Å². The summed E-state index contributed by atoms with van der Waals surface area (Å²) in [6, 6.07) is 38.0. The highest BCUT2D eigenvalue weighted by Gasteiger charge is 2.22. The lowest BCUT2D eigenvalue weighted by atomic mass is 9.97. The zero-order chi connectivity index (χ0) is 53.9. The zero-order valence-corrected chi connectivity index (χ0v) is 45.1. The molecule has 8 aromatic heterocycles. The number of ether oxygens (including phenoxy) is 1. The smallest absolute Gasteiger partial charge is 0.224 e. The van der Waals surface area contributed by atoms with Gasteiger partial charge in [-0.3, -0.25) is 4.79 Å². The average Bonchev–Trinajstić information content (AvgIpc) is 4.42. The largest absolute Gasteiger partial charge is 0.497 e. The van der Waals surface area contributed by atoms with Crippen molar-refractivity contribution >= 4 is 90.5 Å². The summed E-state index contributed by atoms with van der Waals surface area (Å²) in [5.41, 5.74) is 20.5. The number of carbonyl (C=O) groups is 1. The Morgan fingerprint density at radius 2 is 0.975 bits per heavy atom. The molecule has 0 aliphatic carbocycles. The number of aromatic nitrogens is 9. The van der Waals surface area contributed by atoms with E-state index in [9.17, 15) is 4.79 Å². The van der Waals surface area contributed by atoms with Gasteiger partial charge in [-0.05, 0) is 138 Å². The van der Waals surface area contributed by atoms with Crippen molar-refractivity contribution in [2.75, 3.05) is 12.4 Å². The van der Waals surface area contributed by atoms with Gasteiger partial charge in [-0.15, -0.1) is 0 Å². The fourth-order valence-electron chi connectivity index (χ4n) is 11.5. The standard InChI is InChI=1S/C67H57N10O2/c1-41-51-40-77(38-30-49(51)42(2)67-62(41)50-39-48(79-6)14-15-52(50)73-67)31-8-7-9-61(78)68-47-12-10-43(11-13-47)63-53-16-18-55(69-53)64(44-24-32-74(3)33-25-44)57-20-22-59(71-57)66(46-28-36-76(5)37-29-46)60-23-21-58(72-60)65(56-19-17-54(63)70-56)45-26-34-75(4)35-27-45/h10-30,32-40H,7-9,31H2,1-6H3,(H-,68,69,70,71,72,78)/q+1/p+3. The first-order valence-corrected chi connectivity index (χ1v) is 26.9. The van der Waals surface area contributed by atoms with Crippen LogP contribution in [0.3, 0.4) is 0 Å². The number of benzene rings is 3. The molecule has 79 heavy (non-hydrogen) atoms. The number of aromatic amines is 3. The van der Waals surface area contributed by atoms with E-state index >= 15 is 0 Å². The van der Waals surface area contributed by atoms with E-state index in [2.05, 4.69) is 204 Å². The first-order valence-electron chi connectivity index (χ1n) is 26.9. The van der Waals surface area contributed by atoms with Crippen molar-refractivity contribution in [3.63, 3.8) is 0 Å². The molecule has 0 spiro atoms. The van der Waals surface area contributed by atoms with Gasteiger partial charge in [0, 0.05) is 127 Å². The van der Waals surface area contributed by atoms with Crippen molar-refractivity contribution in [2.45, 2.75) is 39.7 Å². The molecular weight excluding hydrogens is 977 g/mol. The van der Waals surface area contributed by atoms with Crippen LogP contribution in [0.5, 0.6) is 5.75 Å². The summed E-state index contributed by atoms with van der Waals surface area (Å²) in [5.74, 6) is 0.834. The van der Waals surface area contributed by atoms with Crippen molar-refractivity contribution in [2.24, 2.45) is 21.1 Å². The number of rotatable bonds is 11. The van der Waals surface area contributed by atoms with Crippen LogP contribution < -0.4 is 28.3 Å². The quantitative estimate of drug-likeness (QED) is 0.0760. The second-order valence-corrected chi connectivity index (χ2v) is 20.9. The molecule has 4 N–H and O–H groups in total. The molecule has 0 saturated heterocycles. The van der Waals surface area contributed by atoms with Crippen LogP contribution in [-0.2, 0) is 32.5 Å². The Hall–Kier alpha value is -9.81. The molecule has 10 heterocycles. The number of hydrogen-bond acceptors (Lipinski definition) is 4. The number of anilines is 1. The number of H-pyrrole nitrogens is 3. The summed E-state index contributed by atoms with van der Waals surface area (Å²) in [7, 11) is 7.79. The maximum absolute atomic E-state index is 13.6. The number of methoxy groups -OCH3 is 1. The fraction of sp³-hybridized carbons (Fsp3) is 0.149. The van der Waals surface area contributed by atoms with Gasteiger partial charge in [-0.2, -0.15) is 0 Å². The van der Waals surface area contributed by atoms with Crippen LogP contribution in [0, 0.1) is 13.8 Å². The van der Waals surface area contributed by atoms with Gasteiger partial charge < -0.3 is 25.0 Å². The van der Waals surface area contributed by atoms with Gasteiger partial charge >= 0.3 is 0 Å². The summed E-state index contributed by atoms with van der Waals surface area (Å²) < 4.78 is 14.0. The second kappa shape index (κ2) is 20.0. The maximum atomic E-state index is 13.6. The molecule has 2 aliphatic heterocycles. The Kier molecular flexibility index (Phi) is 12.3. The molecule has 11 aromatic rings. The van der Waals surface area contributed by atoms with E-state index < -0.39 is 0 Å². The number of aryl methyl sites for hydroxylation is 6. The Morgan fingerprint density at radius 1 is 0.506 bits per heavy atom. The van der Waals surface area contributed by atoms with Crippen molar-refractivity contribution in [1.82, 2.24) is 24.9 Å². The first kappa shape index (κ1) is 48.8. The lowest BCUT2D eigenvalue weighted by Gasteiger charge is -2.09. The molecule has 8 bridgehead atoms. The molecule has 0 saturated carbocycles. The van der Waals surface area contributed by atoms with E-state index in [1.54, 1.807) is 7.11 Å². The van der Waals surface area contributed by atoms with E-state index in [1.807, 2.05) is 53.0 Å². The summed E-state index contributed by atoms with van der Waals surface area (Å²) in [6.07, 6.45) is 27.3. The SMILES string of the molecule is COc1ccc2[nH]c3c(C)c4cc[n+](CCCCC(=O)Nc5ccc(-c6c7nc(c(-c8cc[n+](C)cc8)c8ccc([nH]8)c(-c8cc[n+](C)cc8)c8nc(c(-c9cc[n+](C)cc9)c9ccc6[nH]9)C=C8)C=C7)cc5)cc4c(C)c3c2c1. The van der Waals surface area contributed by atoms with Crippen LogP contribution in [-0.4, -0.2) is 37.9 Å². The first-order chi connectivity index (χ1) is 38.5. The van der Waals surface area contributed by atoms with E-state index in [4.69, 9.17) is 14.7 Å². The molecule has 13 rings (SSSR count). The van der Waals surface area contributed by atoms with Crippen LogP contribution in [0.4, 0.5) is 5.69 Å². The lowest BCUT2D eigenvalue weighted by Crippen LogP contribution is -2.32. The molecule has 386 valence electrons. The van der Waals surface area contributed by atoms with E-state index in [1.165, 1.54) is 38.2 Å². The summed E-state index contributed by atoms with van der Waals surface area (Å²) in [4.78, 5) is 35.9. The van der Waals surface area contributed by atoms with Gasteiger partial charge in [0.1, 0.15) is 33.4 Å². The number of unbranched alkanes of at least 4 members (excludes halogenated alkanes) is 1. The van der Waals surface area contributed by atoms with Gasteiger partial charge in [0.2, 0.25) is 5.91 Å². The normalized spacial score (nSPS) is 12.1. The van der Waals surface area contributed by atoms with E-state index in [-0.39, 0.29) is 5.91 Å². The molecule has 12 nitrogen and oxygen atoms in total. The number of amides is 1. The molecule has 12 heteroatoms. The minimum absolute atomic E-state index is 0.0110. The molecule has 1 amide bonds. The molecule has 0 atom stereocenters. The van der Waals surface area contributed by atoms with Crippen LogP contribution in [0.2, 0.25) is 0 Å².